The number of halogens is 2. The van der Waals surface area contributed by atoms with Crippen LogP contribution in [0.25, 0.3) is 0 Å². The Kier molecular flexibility index (Phi) is 2.74. The molecule has 3 nitrogen and oxygen atoms in total. The summed E-state index contributed by atoms with van der Waals surface area (Å²) in [5.41, 5.74) is 0.343. The predicted molar refractivity (Wildman–Crippen MR) is 67.5 cm³/mol. The van der Waals surface area contributed by atoms with Gasteiger partial charge in [-0.1, -0.05) is 11.6 Å². The molecule has 0 bridgehead atoms. The molecule has 3 rings (SSSR count). The summed E-state index contributed by atoms with van der Waals surface area (Å²) in [5.74, 6) is -0.342. The molecule has 0 radical (unpaired) electrons. The van der Waals surface area contributed by atoms with E-state index in [1.807, 2.05) is 0 Å². The Bertz CT molecular complexity index is 643. The van der Waals surface area contributed by atoms with Crippen LogP contribution in [0.3, 0.4) is 0 Å². The van der Waals surface area contributed by atoms with Gasteiger partial charge in [0.2, 0.25) is 0 Å². The molecule has 0 N–H and O–H groups in total. The van der Waals surface area contributed by atoms with E-state index in [-0.39, 0.29) is 18.1 Å². The van der Waals surface area contributed by atoms with Gasteiger partial charge in [0.1, 0.15) is 5.82 Å². The van der Waals surface area contributed by atoms with E-state index >= 15 is 0 Å². The Labute approximate surface area is 108 Å². The Hall–Kier alpha value is -1.55. The lowest BCUT2D eigenvalue weighted by Gasteiger charge is -2.04. The van der Waals surface area contributed by atoms with E-state index in [1.54, 1.807) is 23.0 Å². The fourth-order valence-electron chi connectivity index (χ4n) is 2.03. The van der Waals surface area contributed by atoms with Crippen molar-refractivity contribution in [2.24, 2.45) is 0 Å². The standard InChI is InChI=1S/C13H12ClFN2O/c14-10-1-4-12(15)9(7-10)8-16-5-6-17(13(16)18)11-2-3-11/h1,4-7,11H,2-3,8H2. The first-order valence-electron chi connectivity index (χ1n) is 5.86. The second-order valence-corrected chi connectivity index (χ2v) is 5.02. The highest BCUT2D eigenvalue weighted by Crippen LogP contribution is 2.33. The molecule has 1 heterocycles. The molecule has 1 aliphatic rings. The van der Waals surface area contributed by atoms with Gasteiger partial charge in [-0.3, -0.25) is 9.13 Å². The highest BCUT2D eigenvalue weighted by molar-refractivity contribution is 6.30. The summed E-state index contributed by atoms with van der Waals surface area (Å²) >= 11 is 5.83. The summed E-state index contributed by atoms with van der Waals surface area (Å²) in [6.07, 6.45) is 5.56. The molecule has 0 spiro atoms. The second kappa shape index (κ2) is 4.28. The van der Waals surface area contributed by atoms with Crippen LogP contribution >= 0.6 is 11.6 Å². The Morgan fingerprint density at radius 1 is 1.33 bits per heavy atom. The van der Waals surface area contributed by atoms with Gasteiger partial charge in [0.15, 0.2) is 0 Å². The molecule has 0 atom stereocenters. The van der Waals surface area contributed by atoms with Crippen molar-refractivity contribution in [1.29, 1.82) is 0 Å². The van der Waals surface area contributed by atoms with Crippen molar-refractivity contribution in [1.82, 2.24) is 9.13 Å². The monoisotopic (exact) mass is 266 g/mol. The van der Waals surface area contributed by atoms with Crippen LogP contribution in [-0.2, 0) is 6.54 Å². The molecular formula is C13H12ClFN2O. The van der Waals surface area contributed by atoms with Gasteiger partial charge in [0.05, 0.1) is 6.54 Å². The van der Waals surface area contributed by atoms with E-state index in [2.05, 4.69) is 0 Å². The average molecular weight is 267 g/mol. The molecular weight excluding hydrogens is 255 g/mol. The van der Waals surface area contributed by atoms with Gasteiger partial charge in [-0.25, -0.2) is 9.18 Å². The normalized spacial score (nSPS) is 15.0. The van der Waals surface area contributed by atoms with E-state index in [1.165, 1.54) is 16.7 Å². The first-order valence-corrected chi connectivity index (χ1v) is 6.24. The maximum atomic E-state index is 13.6. The van der Waals surface area contributed by atoms with Gasteiger partial charge in [0.25, 0.3) is 0 Å². The molecule has 0 aliphatic heterocycles. The van der Waals surface area contributed by atoms with Crippen LogP contribution in [-0.4, -0.2) is 9.13 Å². The maximum Gasteiger partial charge on any atom is 0.328 e. The number of hydrogen-bond donors (Lipinski definition) is 0. The Morgan fingerprint density at radius 3 is 2.83 bits per heavy atom. The summed E-state index contributed by atoms with van der Waals surface area (Å²) < 4.78 is 16.8. The minimum absolute atomic E-state index is 0.0862. The van der Waals surface area contributed by atoms with E-state index in [0.717, 1.165) is 12.8 Å². The van der Waals surface area contributed by atoms with Gasteiger partial charge < -0.3 is 0 Å². The van der Waals surface area contributed by atoms with Crippen molar-refractivity contribution >= 4 is 11.6 Å². The highest BCUT2D eigenvalue weighted by atomic mass is 35.5. The lowest BCUT2D eigenvalue weighted by Crippen LogP contribution is -2.24. The van der Waals surface area contributed by atoms with Crippen molar-refractivity contribution in [3.8, 4) is 0 Å². The average Bonchev–Trinajstić information content (AvgIpc) is 3.11. The molecule has 0 amide bonds. The largest absolute Gasteiger partial charge is 0.328 e. The first kappa shape index (κ1) is 11.5. The maximum absolute atomic E-state index is 13.6. The SMILES string of the molecule is O=c1n(Cc2cc(Cl)ccc2F)ccn1C1CC1. The van der Waals surface area contributed by atoms with Gasteiger partial charge in [0, 0.05) is 29.0 Å². The summed E-state index contributed by atoms with van der Waals surface area (Å²) in [6, 6.07) is 4.71. The van der Waals surface area contributed by atoms with Crippen LogP contribution in [0.2, 0.25) is 5.02 Å². The zero-order valence-corrected chi connectivity index (χ0v) is 10.4. The molecule has 1 fully saturated rings. The fourth-order valence-corrected chi connectivity index (χ4v) is 2.22. The van der Waals surface area contributed by atoms with Crippen molar-refractivity contribution in [3.05, 3.63) is 57.5 Å². The predicted octanol–water partition coefficient (Wildman–Crippen LogP) is 2.83. The van der Waals surface area contributed by atoms with Gasteiger partial charge in [-0.2, -0.15) is 0 Å². The van der Waals surface area contributed by atoms with Gasteiger partial charge in [-0.05, 0) is 31.0 Å². The number of hydrogen-bond acceptors (Lipinski definition) is 1. The molecule has 18 heavy (non-hydrogen) atoms. The number of rotatable bonds is 3. The summed E-state index contributed by atoms with van der Waals surface area (Å²) in [7, 11) is 0. The second-order valence-electron chi connectivity index (χ2n) is 4.58. The van der Waals surface area contributed by atoms with Crippen LogP contribution in [0.5, 0.6) is 0 Å². The van der Waals surface area contributed by atoms with Gasteiger partial charge >= 0.3 is 5.69 Å². The van der Waals surface area contributed by atoms with Crippen molar-refractivity contribution < 1.29 is 4.39 Å². The van der Waals surface area contributed by atoms with Crippen LogP contribution in [0, 0.1) is 5.82 Å². The Morgan fingerprint density at radius 2 is 2.11 bits per heavy atom. The highest BCUT2D eigenvalue weighted by Gasteiger charge is 2.25. The zero-order chi connectivity index (χ0) is 12.7. The molecule has 0 unspecified atom stereocenters. The molecule has 94 valence electrons. The number of aromatic nitrogens is 2. The topological polar surface area (TPSA) is 26.9 Å². The molecule has 2 aromatic rings. The smallest absolute Gasteiger partial charge is 0.296 e. The first-order chi connectivity index (χ1) is 8.65. The fraction of sp³-hybridized carbons (Fsp3) is 0.308. The lowest BCUT2D eigenvalue weighted by molar-refractivity contribution is 0.589. The van der Waals surface area contributed by atoms with Crippen molar-refractivity contribution in [2.45, 2.75) is 25.4 Å². The van der Waals surface area contributed by atoms with Crippen LogP contribution in [0.4, 0.5) is 4.39 Å². The summed E-state index contributed by atoms with van der Waals surface area (Å²) in [6.45, 7) is 0.213. The molecule has 1 aromatic heterocycles. The summed E-state index contributed by atoms with van der Waals surface area (Å²) in [5, 5.41) is 0.473. The van der Waals surface area contributed by atoms with E-state index in [0.29, 0.717) is 16.6 Å². The quantitative estimate of drug-likeness (QED) is 0.839. The molecule has 0 saturated heterocycles. The van der Waals surface area contributed by atoms with E-state index in [9.17, 15) is 9.18 Å². The molecule has 1 aliphatic carbocycles. The number of nitrogens with zero attached hydrogens (tertiary/aromatic N) is 2. The third-order valence-electron chi connectivity index (χ3n) is 3.16. The molecule has 1 saturated carbocycles. The van der Waals surface area contributed by atoms with E-state index < -0.39 is 0 Å². The van der Waals surface area contributed by atoms with Crippen molar-refractivity contribution in [3.63, 3.8) is 0 Å². The minimum Gasteiger partial charge on any atom is -0.296 e. The van der Waals surface area contributed by atoms with Crippen LogP contribution in [0.15, 0.2) is 35.4 Å². The van der Waals surface area contributed by atoms with Crippen molar-refractivity contribution in [2.75, 3.05) is 0 Å². The summed E-state index contributed by atoms with van der Waals surface area (Å²) in [4.78, 5) is 12.0. The third kappa shape index (κ3) is 2.08. The molecule has 1 aromatic carbocycles. The Balaban J connectivity index is 1.92. The van der Waals surface area contributed by atoms with E-state index in [4.69, 9.17) is 11.6 Å². The minimum atomic E-state index is -0.342. The van der Waals surface area contributed by atoms with Crippen LogP contribution in [0.1, 0.15) is 24.4 Å². The number of imidazole rings is 1. The zero-order valence-electron chi connectivity index (χ0n) is 9.64. The van der Waals surface area contributed by atoms with Gasteiger partial charge in [-0.15, -0.1) is 0 Å². The molecule has 5 heteroatoms. The number of benzene rings is 1. The lowest BCUT2D eigenvalue weighted by atomic mass is 10.2. The third-order valence-corrected chi connectivity index (χ3v) is 3.40. The van der Waals surface area contributed by atoms with Crippen LogP contribution < -0.4 is 5.69 Å².